The second kappa shape index (κ2) is 6.22. The third-order valence-electron chi connectivity index (χ3n) is 2.59. The molecule has 9 heteroatoms. The van der Waals surface area contributed by atoms with Gasteiger partial charge < -0.3 is 5.11 Å². The van der Waals surface area contributed by atoms with Gasteiger partial charge in [0, 0.05) is 6.08 Å². The zero-order chi connectivity index (χ0) is 16.3. The van der Waals surface area contributed by atoms with Gasteiger partial charge in [0.25, 0.3) is 0 Å². The Morgan fingerprint density at radius 2 is 2.05 bits per heavy atom. The number of aliphatic imine (C=N–C) groups is 1. The van der Waals surface area contributed by atoms with E-state index in [0.29, 0.717) is 0 Å². The van der Waals surface area contributed by atoms with Crippen molar-refractivity contribution in [3.8, 4) is 0 Å². The number of carbonyl (C=O) groups is 2. The molecule has 22 heavy (non-hydrogen) atoms. The number of amidine groups is 1. The Morgan fingerprint density at radius 1 is 1.36 bits per heavy atom. The molecule has 116 valence electrons. The summed E-state index contributed by atoms with van der Waals surface area (Å²) in [7, 11) is 0. The van der Waals surface area contributed by atoms with E-state index < -0.39 is 18.2 Å². The summed E-state index contributed by atoms with van der Waals surface area (Å²) < 4.78 is 36.9. The minimum atomic E-state index is -4.49. The summed E-state index contributed by atoms with van der Waals surface area (Å²) in [6.07, 6.45) is -5.10. The molecule has 1 saturated heterocycles. The van der Waals surface area contributed by atoms with Gasteiger partial charge >= 0.3 is 12.3 Å². The summed E-state index contributed by atoms with van der Waals surface area (Å²) in [5.41, 5.74) is 0.284. The van der Waals surface area contributed by atoms with Crippen molar-refractivity contribution >= 4 is 40.7 Å². The van der Waals surface area contributed by atoms with Crippen molar-refractivity contribution in [3.05, 3.63) is 35.9 Å². The molecule has 1 aromatic carbocycles. The van der Waals surface area contributed by atoms with Gasteiger partial charge in [0.15, 0.2) is 5.17 Å². The first-order chi connectivity index (χ1) is 10.3. The minimum Gasteiger partial charge on any atom is -0.463 e. The summed E-state index contributed by atoms with van der Waals surface area (Å²) in [6.45, 7) is 0. The van der Waals surface area contributed by atoms with Gasteiger partial charge in [-0.25, -0.2) is 4.79 Å². The molecule has 0 aromatic heterocycles. The first-order valence-electron chi connectivity index (χ1n) is 5.90. The molecule has 1 N–H and O–H groups in total. The van der Waals surface area contributed by atoms with Gasteiger partial charge in [0.05, 0.1) is 11.4 Å². The molecule has 2 rings (SSSR count). The minimum absolute atomic E-state index is 0.0244. The van der Waals surface area contributed by atoms with E-state index in [1.165, 1.54) is 24.3 Å². The number of alkyl halides is 3. The van der Waals surface area contributed by atoms with Crippen molar-refractivity contribution in [2.45, 2.75) is 6.18 Å². The number of halogens is 3. The quantitative estimate of drug-likeness (QED) is 0.902. The Bertz CT molecular complexity index is 671. The number of nitrogens with zero attached hydrogens (tertiary/aromatic N) is 2. The molecule has 1 heterocycles. The second-order valence-electron chi connectivity index (χ2n) is 4.13. The van der Waals surface area contributed by atoms with Crippen LogP contribution < -0.4 is 4.90 Å². The number of carboxylic acid groups (broad SMARTS) is 1. The Labute approximate surface area is 127 Å². The van der Waals surface area contributed by atoms with Crippen molar-refractivity contribution in [3.63, 3.8) is 0 Å². The van der Waals surface area contributed by atoms with Crippen LogP contribution in [0, 0.1) is 0 Å². The van der Waals surface area contributed by atoms with Crippen LogP contribution in [0.15, 0.2) is 35.3 Å². The van der Waals surface area contributed by atoms with Crippen molar-refractivity contribution in [1.82, 2.24) is 0 Å². The predicted molar refractivity (Wildman–Crippen MR) is 76.9 cm³/mol. The highest BCUT2D eigenvalue weighted by Crippen LogP contribution is 2.31. The molecule has 0 atom stereocenters. The average Bonchev–Trinajstić information content (AvgIpc) is 2.76. The van der Waals surface area contributed by atoms with Gasteiger partial charge in [-0.05, 0) is 17.7 Å². The maximum absolute atomic E-state index is 12.3. The maximum atomic E-state index is 12.3. The van der Waals surface area contributed by atoms with Gasteiger partial charge in [-0.3, -0.25) is 9.69 Å². The SMILES string of the molecule is O=C(O)N=C1SCC(=O)N1c1ccccc1/C=C\C(F)(F)F. The number of thioether (sulfide) groups is 1. The zero-order valence-corrected chi connectivity index (χ0v) is 11.7. The third-order valence-corrected chi connectivity index (χ3v) is 3.51. The van der Waals surface area contributed by atoms with E-state index in [9.17, 15) is 22.8 Å². The van der Waals surface area contributed by atoms with E-state index in [1.807, 2.05) is 0 Å². The number of para-hydroxylation sites is 1. The van der Waals surface area contributed by atoms with E-state index in [1.54, 1.807) is 0 Å². The number of allylic oxidation sites excluding steroid dienone is 1. The number of anilines is 1. The van der Waals surface area contributed by atoms with Crippen LogP contribution in [0.25, 0.3) is 6.08 Å². The molecule has 0 aliphatic carbocycles. The van der Waals surface area contributed by atoms with Gasteiger partial charge in [-0.15, -0.1) is 0 Å². The molecule has 1 fully saturated rings. The van der Waals surface area contributed by atoms with Crippen molar-refractivity contribution in [2.24, 2.45) is 4.99 Å². The van der Waals surface area contributed by atoms with Crippen LogP contribution in [0.1, 0.15) is 5.56 Å². The smallest absolute Gasteiger partial charge is 0.433 e. The van der Waals surface area contributed by atoms with Crippen molar-refractivity contribution in [2.75, 3.05) is 10.7 Å². The lowest BCUT2D eigenvalue weighted by atomic mass is 10.1. The Balaban J connectivity index is 2.45. The molecule has 1 aromatic rings. The molecular weight excluding hydrogens is 321 g/mol. The first kappa shape index (κ1) is 16.1. The fourth-order valence-electron chi connectivity index (χ4n) is 1.78. The van der Waals surface area contributed by atoms with Crippen molar-refractivity contribution < 1.29 is 27.9 Å². The topological polar surface area (TPSA) is 70.0 Å². The highest BCUT2D eigenvalue weighted by atomic mass is 32.2. The fourth-order valence-corrected chi connectivity index (χ4v) is 2.63. The largest absolute Gasteiger partial charge is 0.463 e. The first-order valence-corrected chi connectivity index (χ1v) is 6.89. The molecule has 0 bridgehead atoms. The molecule has 0 saturated carbocycles. The highest BCUT2D eigenvalue weighted by molar-refractivity contribution is 8.15. The van der Waals surface area contributed by atoms with Gasteiger partial charge in [-0.1, -0.05) is 30.0 Å². The van der Waals surface area contributed by atoms with Crippen LogP contribution >= 0.6 is 11.8 Å². The lowest BCUT2D eigenvalue weighted by molar-refractivity contribution is -0.115. The highest BCUT2D eigenvalue weighted by Gasteiger charge is 2.31. The zero-order valence-electron chi connectivity index (χ0n) is 10.9. The Kier molecular flexibility index (Phi) is 4.55. The van der Waals surface area contributed by atoms with Gasteiger partial charge in [0.2, 0.25) is 5.91 Å². The second-order valence-corrected chi connectivity index (χ2v) is 5.07. The maximum Gasteiger partial charge on any atom is 0.433 e. The van der Waals surface area contributed by atoms with Crippen LogP contribution in [0.5, 0.6) is 0 Å². The summed E-state index contributed by atoms with van der Waals surface area (Å²) in [4.78, 5) is 26.9. The van der Waals surface area contributed by atoms with E-state index in [0.717, 1.165) is 22.7 Å². The molecular formula is C13H9F3N2O3S. The van der Waals surface area contributed by atoms with Crippen LogP contribution in [-0.4, -0.2) is 34.2 Å². The summed E-state index contributed by atoms with van der Waals surface area (Å²) in [6, 6.07) is 5.87. The normalized spacial score (nSPS) is 17.7. The monoisotopic (exact) mass is 330 g/mol. The standard InChI is InChI=1S/C13H9F3N2O3S/c14-13(15,16)6-5-8-3-1-2-4-9(8)18-10(19)7-22-11(18)17-12(20)21/h1-6H,7H2,(H,20,21)/b6-5-,17-11?. The molecule has 2 amide bonds. The molecule has 5 nitrogen and oxygen atoms in total. The molecule has 0 unspecified atom stereocenters. The lowest BCUT2D eigenvalue weighted by Gasteiger charge is -2.18. The number of hydrogen-bond donors (Lipinski definition) is 1. The molecule has 1 aliphatic rings. The van der Waals surface area contributed by atoms with Crippen LogP contribution in [0.2, 0.25) is 0 Å². The van der Waals surface area contributed by atoms with E-state index in [2.05, 4.69) is 4.99 Å². The molecule has 0 spiro atoms. The average molecular weight is 330 g/mol. The summed E-state index contributed by atoms with van der Waals surface area (Å²) >= 11 is 0.913. The Hall–Kier alpha value is -2.29. The number of rotatable bonds is 2. The number of benzene rings is 1. The molecule has 0 radical (unpaired) electrons. The van der Waals surface area contributed by atoms with E-state index in [-0.39, 0.29) is 28.2 Å². The third kappa shape index (κ3) is 3.88. The van der Waals surface area contributed by atoms with Gasteiger partial charge in [0.1, 0.15) is 0 Å². The van der Waals surface area contributed by atoms with Gasteiger partial charge in [-0.2, -0.15) is 18.2 Å². The van der Waals surface area contributed by atoms with Crippen LogP contribution in [0.3, 0.4) is 0 Å². The predicted octanol–water partition coefficient (Wildman–Crippen LogP) is 3.38. The van der Waals surface area contributed by atoms with E-state index >= 15 is 0 Å². The number of hydrogen-bond acceptors (Lipinski definition) is 3. The lowest BCUT2D eigenvalue weighted by Crippen LogP contribution is -2.30. The number of amides is 2. The summed E-state index contributed by atoms with van der Waals surface area (Å²) in [5, 5.41) is 8.62. The summed E-state index contributed by atoms with van der Waals surface area (Å²) in [5.74, 6) is -0.471. The fraction of sp³-hybridized carbons (Fsp3) is 0.154. The molecule has 1 aliphatic heterocycles. The van der Waals surface area contributed by atoms with Crippen LogP contribution in [-0.2, 0) is 4.79 Å². The van der Waals surface area contributed by atoms with Crippen molar-refractivity contribution in [1.29, 1.82) is 0 Å². The van der Waals surface area contributed by atoms with E-state index in [4.69, 9.17) is 5.11 Å². The number of carbonyl (C=O) groups excluding carboxylic acids is 1. The van der Waals surface area contributed by atoms with Crippen LogP contribution in [0.4, 0.5) is 23.7 Å². The Morgan fingerprint density at radius 3 is 2.68 bits per heavy atom.